The van der Waals surface area contributed by atoms with Crippen molar-refractivity contribution in [1.82, 2.24) is 5.48 Å². The van der Waals surface area contributed by atoms with E-state index in [2.05, 4.69) is 0 Å². The van der Waals surface area contributed by atoms with Gasteiger partial charge in [-0.25, -0.2) is 5.48 Å². The van der Waals surface area contributed by atoms with Crippen LogP contribution in [0, 0.1) is 15.9 Å². The van der Waals surface area contributed by atoms with Gasteiger partial charge < -0.3 is 5.21 Å². The van der Waals surface area contributed by atoms with Crippen LogP contribution in [-0.2, 0) is 6.54 Å². The molecule has 2 N–H and O–H groups in total. The maximum atomic E-state index is 12.9. The van der Waals surface area contributed by atoms with E-state index in [9.17, 15) is 14.5 Å². The third-order valence-electron chi connectivity index (χ3n) is 1.49. The molecule has 1 rings (SSSR count). The zero-order valence-corrected chi connectivity index (χ0v) is 6.53. The average molecular weight is 186 g/mol. The number of halogens is 1. The lowest BCUT2D eigenvalue weighted by Gasteiger charge is -1.99. The molecule has 1 aromatic rings. The molecule has 0 aliphatic carbocycles. The van der Waals surface area contributed by atoms with E-state index in [-0.39, 0.29) is 6.54 Å². The van der Waals surface area contributed by atoms with Gasteiger partial charge >= 0.3 is 5.69 Å². The lowest BCUT2D eigenvalue weighted by molar-refractivity contribution is -0.387. The van der Waals surface area contributed by atoms with E-state index in [0.29, 0.717) is 5.56 Å². The predicted molar refractivity (Wildman–Crippen MR) is 41.7 cm³/mol. The van der Waals surface area contributed by atoms with E-state index in [1.54, 1.807) is 0 Å². The van der Waals surface area contributed by atoms with Crippen LogP contribution in [0.5, 0.6) is 0 Å². The molecule has 0 bridgehead atoms. The molecular weight excluding hydrogens is 179 g/mol. The third-order valence-corrected chi connectivity index (χ3v) is 1.49. The molecule has 6 heteroatoms. The molecule has 0 aromatic heterocycles. The molecule has 0 saturated carbocycles. The van der Waals surface area contributed by atoms with Gasteiger partial charge in [0, 0.05) is 12.6 Å². The highest BCUT2D eigenvalue weighted by Gasteiger charge is 2.13. The van der Waals surface area contributed by atoms with Gasteiger partial charge in [-0.3, -0.25) is 10.1 Å². The molecule has 5 nitrogen and oxygen atoms in total. The van der Waals surface area contributed by atoms with E-state index in [1.165, 1.54) is 6.07 Å². The number of hydrogen-bond acceptors (Lipinski definition) is 4. The fraction of sp³-hybridized carbons (Fsp3) is 0.143. The van der Waals surface area contributed by atoms with Crippen molar-refractivity contribution in [2.45, 2.75) is 6.54 Å². The molecule has 13 heavy (non-hydrogen) atoms. The highest BCUT2D eigenvalue weighted by atomic mass is 19.1. The van der Waals surface area contributed by atoms with Crippen LogP contribution < -0.4 is 5.48 Å². The van der Waals surface area contributed by atoms with Gasteiger partial charge in [-0.05, 0) is 11.6 Å². The fourth-order valence-electron chi connectivity index (χ4n) is 0.900. The highest BCUT2D eigenvalue weighted by Crippen LogP contribution is 2.17. The Balaban J connectivity index is 2.98. The summed E-state index contributed by atoms with van der Waals surface area (Å²) < 4.78 is 12.9. The normalized spacial score (nSPS) is 10.0. The van der Waals surface area contributed by atoms with Gasteiger partial charge in [0.05, 0.1) is 4.92 Å². The van der Waals surface area contributed by atoms with E-state index >= 15 is 0 Å². The van der Waals surface area contributed by atoms with E-state index in [4.69, 9.17) is 5.21 Å². The second-order valence-corrected chi connectivity index (χ2v) is 2.38. The van der Waals surface area contributed by atoms with Crippen molar-refractivity contribution in [3.05, 3.63) is 39.7 Å². The minimum Gasteiger partial charge on any atom is -0.316 e. The minimum atomic E-state index is -0.905. The monoisotopic (exact) mass is 186 g/mol. The molecule has 70 valence electrons. The summed E-state index contributed by atoms with van der Waals surface area (Å²) in [6.45, 7) is 0.0505. The molecule has 0 unspecified atom stereocenters. The maximum absolute atomic E-state index is 12.9. The van der Waals surface area contributed by atoms with Crippen LogP contribution in [0.3, 0.4) is 0 Å². The number of nitrogens with zero attached hydrogens (tertiary/aromatic N) is 1. The molecule has 0 aliphatic heterocycles. The van der Waals surface area contributed by atoms with Gasteiger partial charge in [-0.1, -0.05) is 6.07 Å². The SMILES string of the molecule is O=[N+]([O-])c1ccc(CNO)cc1F. The third kappa shape index (κ3) is 2.20. The lowest BCUT2D eigenvalue weighted by atomic mass is 10.2. The average Bonchev–Trinajstić information content (AvgIpc) is 2.04. The Morgan fingerprint density at radius 1 is 1.62 bits per heavy atom. The van der Waals surface area contributed by atoms with Crippen molar-refractivity contribution in [2.75, 3.05) is 0 Å². The Kier molecular flexibility index (Phi) is 2.88. The first kappa shape index (κ1) is 9.56. The van der Waals surface area contributed by atoms with Gasteiger partial charge in [0.2, 0.25) is 5.82 Å². The number of rotatable bonds is 3. The molecule has 0 saturated heterocycles. The summed E-state index contributed by atoms with van der Waals surface area (Å²) in [5.74, 6) is -0.905. The fourth-order valence-corrected chi connectivity index (χ4v) is 0.900. The standard InChI is InChI=1S/C7H7FN2O3/c8-6-3-5(4-9-11)1-2-7(6)10(12)13/h1-3,9,11H,4H2. The summed E-state index contributed by atoms with van der Waals surface area (Å²) in [7, 11) is 0. The zero-order chi connectivity index (χ0) is 9.84. The van der Waals surface area contributed by atoms with Gasteiger partial charge in [-0.15, -0.1) is 0 Å². The summed E-state index contributed by atoms with van der Waals surface area (Å²) in [5, 5.41) is 18.5. The van der Waals surface area contributed by atoms with Crippen LogP contribution in [0.2, 0.25) is 0 Å². The smallest absolute Gasteiger partial charge is 0.304 e. The van der Waals surface area contributed by atoms with Crippen molar-refractivity contribution < 1.29 is 14.5 Å². The van der Waals surface area contributed by atoms with Gasteiger partial charge in [-0.2, -0.15) is 4.39 Å². The van der Waals surface area contributed by atoms with Gasteiger partial charge in [0.15, 0.2) is 0 Å². The largest absolute Gasteiger partial charge is 0.316 e. The maximum Gasteiger partial charge on any atom is 0.304 e. The summed E-state index contributed by atoms with van der Waals surface area (Å²) in [5.41, 5.74) is 1.69. The molecule has 0 radical (unpaired) electrons. The van der Waals surface area contributed by atoms with Gasteiger partial charge in [0.1, 0.15) is 0 Å². The molecule has 0 heterocycles. The Morgan fingerprint density at radius 3 is 2.77 bits per heavy atom. The van der Waals surface area contributed by atoms with Crippen molar-refractivity contribution in [2.24, 2.45) is 0 Å². The van der Waals surface area contributed by atoms with Crippen LogP contribution in [0.4, 0.5) is 10.1 Å². The van der Waals surface area contributed by atoms with E-state index in [0.717, 1.165) is 12.1 Å². The highest BCUT2D eigenvalue weighted by molar-refractivity contribution is 5.34. The lowest BCUT2D eigenvalue weighted by Crippen LogP contribution is -2.06. The topological polar surface area (TPSA) is 75.4 Å². The van der Waals surface area contributed by atoms with Crippen LogP contribution in [0.15, 0.2) is 18.2 Å². The quantitative estimate of drug-likeness (QED) is 0.549. The Hall–Kier alpha value is -1.53. The molecule has 1 aromatic carbocycles. The Bertz CT molecular complexity index is 330. The molecule has 0 fully saturated rings. The zero-order valence-electron chi connectivity index (χ0n) is 6.53. The van der Waals surface area contributed by atoms with Crippen LogP contribution >= 0.6 is 0 Å². The molecule has 0 atom stereocenters. The summed E-state index contributed by atoms with van der Waals surface area (Å²) in [4.78, 5) is 9.39. The Morgan fingerprint density at radius 2 is 2.31 bits per heavy atom. The molecular formula is C7H7FN2O3. The van der Waals surface area contributed by atoms with Crippen LogP contribution in [0.25, 0.3) is 0 Å². The predicted octanol–water partition coefficient (Wildman–Crippen LogP) is 1.21. The number of hydroxylamine groups is 1. The number of nitrogens with one attached hydrogen (secondary N) is 1. The Labute approximate surface area is 72.9 Å². The first-order valence-electron chi connectivity index (χ1n) is 3.45. The van der Waals surface area contributed by atoms with Crippen molar-refractivity contribution in [3.63, 3.8) is 0 Å². The summed E-state index contributed by atoms with van der Waals surface area (Å²) in [6, 6.07) is 3.42. The van der Waals surface area contributed by atoms with Crippen LogP contribution in [-0.4, -0.2) is 10.1 Å². The van der Waals surface area contributed by atoms with Crippen LogP contribution in [0.1, 0.15) is 5.56 Å². The van der Waals surface area contributed by atoms with Crippen molar-refractivity contribution in [3.8, 4) is 0 Å². The first-order valence-corrected chi connectivity index (χ1v) is 3.45. The van der Waals surface area contributed by atoms with E-state index < -0.39 is 16.4 Å². The minimum absolute atomic E-state index is 0.0505. The summed E-state index contributed by atoms with van der Waals surface area (Å²) in [6.07, 6.45) is 0. The number of nitro benzene ring substituents is 1. The van der Waals surface area contributed by atoms with Crippen molar-refractivity contribution >= 4 is 5.69 Å². The number of hydrogen-bond donors (Lipinski definition) is 2. The molecule has 0 amide bonds. The number of benzene rings is 1. The van der Waals surface area contributed by atoms with Gasteiger partial charge in [0.25, 0.3) is 0 Å². The van der Waals surface area contributed by atoms with E-state index in [1.807, 2.05) is 5.48 Å². The molecule has 0 aliphatic rings. The number of nitro groups is 1. The van der Waals surface area contributed by atoms with Crippen molar-refractivity contribution in [1.29, 1.82) is 0 Å². The summed E-state index contributed by atoms with van der Waals surface area (Å²) >= 11 is 0. The molecule has 0 spiro atoms. The second-order valence-electron chi connectivity index (χ2n) is 2.38. The first-order chi connectivity index (χ1) is 6.15. The second kappa shape index (κ2) is 3.92.